The Kier molecular flexibility index (Phi) is 6.75. The number of carbonyl (C=O) groups is 1. The van der Waals surface area contributed by atoms with Crippen LogP contribution in [0.1, 0.15) is 36.6 Å². The Hall–Kier alpha value is -2.60. The molecule has 29 heavy (non-hydrogen) atoms. The molecule has 2 aromatic rings. The molecule has 1 atom stereocenters. The molecule has 0 radical (unpaired) electrons. The molecule has 1 amide bonds. The highest BCUT2D eigenvalue weighted by Crippen LogP contribution is 2.38. The fourth-order valence-corrected chi connectivity index (χ4v) is 3.78. The van der Waals surface area contributed by atoms with Gasteiger partial charge in [-0.25, -0.2) is 4.39 Å². The number of carbonyl (C=O) groups excluding carboxylic acids is 1. The topological polar surface area (TPSA) is 50.8 Å². The molecule has 1 N–H and O–H groups in total. The number of rotatable bonds is 7. The number of nitrogens with zero attached hydrogens (tertiary/aromatic N) is 1. The third-order valence-corrected chi connectivity index (χ3v) is 5.38. The van der Waals surface area contributed by atoms with Gasteiger partial charge in [-0.15, -0.1) is 0 Å². The normalized spacial score (nSPS) is 16.4. The van der Waals surface area contributed by atoms with Gasteiger partial charge in [0.1, 0.15) is 5.82 Å². The van der Waals surface area contributed by atoms with Crippen LogP contribution in [-0.4, -0.2) is 38.1 Å². The minimum Gasteiger partial charge on any atom is -0.493 e. The van der Waals surface area contributed by atoms with Crippen LogP contribution in [0.3, 0.4) is 0 Å². The molecule has 0 bridgehead atoms. The van der Waals surface area contributed by atoms with Gasteiger partial charge in [-0.05, 0) is 47.4 Å². The van der Waals surface area contributed by atoms with Crippen molar-refractivity contribution in [1.82, 2.24) is 10.2 Å². The molecule has 1 aliphatic heterocycles. The Balaban J connectivity index is 1.93. The smallest absolute Gasteiger partial charge is 0.222 e. The molecule has 156 valence electrons. The van der Waals surface area contributed by atoms with Gasteiger partial charge in [-0.1, -0.05) is 26.0 Å². The van der Waals surface area contributed by atoms with E-state index >= 15 is 0 Å². The van der Waals surface area contributed by atoms with Gasteiger partial charge >= 0.3 is 0 Å². The molecule has 0 spiro atoms. The summed E-state index contributed by atoms with van der Waals surface area (Å²) < 4.78 is 24.6. The molecule has 0 fully saturated rings. The zero-order chi connectivity index (χ0) is 21.0. The van der Waals surface area contributed by atoms with Crippen molar-refractivity contribution in [3.63, 3.8) is 0 Å². The predicted molar refractivity (Wildman–Crippen MR) is 111 cm³/mol. The van der Waals surface area contributed by atoms with E-state index in [0.717, 1.165) is 24.1 Å². The molecule has 2 aromatic carbocycles. The van der Waals surface area contributed by atoms with Crippen LogP contribution >= 0.6 is 0 Å². The van der Waals surface area contributed by atoms with E-state index in [0.29, 0.717) is 24.6 Å². The predicted octanol–water partition coefficient (Wildman–Crippen LogP) is 3.71. The lowest BCUT2D eigenvalue weighted by Crippen LogP contribution is -2.42. The van der Waals surface area contributed by atoms with Crippen LogP contribution in [0.15, 0.2) is 36.4 Å². The summed E-state index contributed by atoms with van der Waals surface area (Å²) >= 11 is 0. The molecular weight excluding hydrogens is 371 g/mol. The lowest BCUT2D eigenvalue weighted by Gasteiger charge is -2.38. The quantitative estimate of drug-likeness (QED) is 0.770. The molecular formula is C23H29FN2O3. The Morgan fingerprint density at radius 3 is 2.59 bits per heavy atom. The number of fused-ring (bicyclic) bond motifs is 1. The summed E-state index contributed by atoms with van der Waals surface area (Å²) in [7, 11) is 3.25. The molecule has 0 saturated heterocycles. The second kappa shape index (κ2) is 9.27. The Labute approximate surface area is 171 Å². The average Bonchev–Trinajstić information content (AvgIpc) is 2.71. The highest BCUT2D eigenvalue weighted by molar-refractivity contribution is 5.77. The van der Waals surface area contributed by atoms with Crippen molar-refractivity contribution in [1.29, 1.82) is 0 Å². The van der Waals surface area contributed by atoms with Crippen LogP contribution in [0.2, 0.25) is 0 Å². The summed E-state index contributed by atoms with van der Waals surface area (Å²) in [5, 5.41) is 3.06. The van der Waals surface area contributed by atoms with E-state index in [-0.39, 0.29) is 23.7 Å². The highest BCUT2D eigenvalue weighted by Gasteiger charge is 2.29. The van der Waals surface area contributed by atoms with E-state index in [1.807, 2.05) is 32.0 Å². The summed E-state index contributed by atoms with van der Waals surface area (Å²) in [6.07, 6.45) is 0.847. The van der Waals surface area contributed by atoms with Crippen molar-refractivity contribution in [2.24, 2.45) is 5.92 Å². The number of halogens is 1. The number of amides is 1. The number of hydrogen-bond acceptors (Lipinski definition) is 4. The van der Waals surface area contributed by atoms with Crippen LogP contribution in [0.25, 0.3) is 0 Å². The molecule has 0 aromatic heterocycles. The third kappa shape index (κ3) is 4.88. The van der Waals surface area contributed by atoms with Gasteiger partial charge in [0.2, 0.25) is 5.91 Å². The van der Waals surface area contributed by atoms with Crippen LogP contribution in [0.5, 0.6) is 11.5 Å². The average molecular weight is 400 g/mol. The first-order chi connectivity index (χ1) is 13.9. The monoisotopic (exact) mass is 400 g/mol. The van der Waals surface area contributed by atoms with Crippen molar-refractivity contribution in [2.45, 2.75) is 32.9 Å². The fourth-order valence-electron chi connectivity index (χ4n) is 3.78. The summed E-state index contributed by atoms with van der Waals surface area (Å²) in [6, 6.07) is 10.6. The van der Waals surface area contributed by atoms with Crippen molar-refractivity contribution >= 4 is 5.91 Å². The zero-order valence-electron chi connectivity index (χ0n) is 17.5. The second-order valence-electron chi connectivity index (χ2n) is 7.67. The summed E-state index contributed by atoms with van der Waals surface area (Å²) in [6.45, 7) is 5.65. The fraction of sp³-hybridized carbons (Fsp3) is 0.435. The minimum atomic E-state index is -0.240. The maximum absolute atomic E-state index is 13.7. The first kappa shape index (κ1) is 21.1. The lowest BCUT2D eigenvalue weighted by atomic mass is 9.91. The molecule has 6 heteroatoms. The minimum absolute atomic E-state index is 0.0169. The SMILES string of the molecule is COc1cc2c(cc1OC)[C@H](CNC(=O)C(C)C)N(Cc1cccc(F)c1)CC2. The van der Waals surface area contributed by atoms with Gasteiger partial charge in [0.25, 0.3) is 0 Å². The van der Waals surface area contributed by atoms with Crippen LogP contribution in [0.4, 0.5) is 4.39 Å². The third-order valence-electron chi connectivity index (χ3n) is 5.38. The Morgan fingerprint density at radius 2 is 1.93 bits per heavy atom. The largest absolute Gasteiger partial charge is 0.493 e. The maximum atomic E-state index is 13.7. The van der Waals surface area contributed by atoms with Crippen molar-refractivity contribution < 1.29 is 18.7 Å². The summed E-state index contributed by atoms with van der Waals surface area (Å²) in [5.74, 6) is 1.06. The first-order valence-corrected chi connectivity index (χ1v) is 9.94. The van der Waals surface area contributed by atoms with Gasteiger partial charge in [0.15, 0.2) is 11.5 Å². The number of benzene rings is 2. The van der Waals surface area contributed by atoms with Gasteiger partial charge in [0, 0.05) is 25.6 Å². The molecule has 0 aliphatic carbocycles. The number of nitrogens with one attached hydrogen (secondary N) is 1. The summed E-state index contributed by atoms with van der Waals surface area (Å²) in [5.41, 5.74) is 3.20. The molecule has 1 heterocycles. The number of hydrogen-bond donors (Lipinski definition) is 1. The van der Waals surface area contributed by atoms with Crippen molar-refractivity contribution in [3.8, 4) is 11.5 Å². The standard InChI is InChI=1S/C23H29FN2O3/c1-15(2)23(27)25-13-20-19-12-22(29-4)21(28-3)11-17(19)8-9-26(20)14-16-6-5-7-18(24)10-16/h5-7,10-12,15,20H,8-9,13-14H2,1-4H3,(H,25,27)/t20-/m0/s1. The van der Waals surface area contributed by atoms with Crippen molar-refractivity contribution in [2.75, 3.05) is 27.3 Å². The van der Waals surface area contributed by atoms with Gasteiger partial charge < -0.3 is 14.8 Å². The Morgan fingerprint density at radius 1 is 1.21 bits per heavy atom. The molecule has 3 rings (SSSR count). The van der Waals surface area contributed by atoms with Gasteiger partial charge in [-0.2, -0.15) is 0 Å². The van der Waals surface area contributed by atoms with E-state index in [4.69, 9.17) is 9.47 Å². The van der Waals surface area contributed by atoms with Crippen LogP contribution in [0, 0.1) is 11.7 Å². The van der Waals surface area contributed by atoms with E-state index in [2.05, 4.69) is 10.2 Å². The van der Waals surface area contributed by atoms with E-state index in [9.17, 15) is 9.18 Å². The van der Waals surface area contributed by atoms with E-state index in [1.165, 1.54) is 11.6 Å². The van der Waals surface area contributed by atoms with E-state index < -0.39 is 0 Å². The first-order valence-electron chi connectivity index (χ1n) is 9.94. The van der Waals surface area contributed by atoms with Crippen molar-refractivity contribution in [3.05, 3.63) is 58.9 Å². The maximum Gasteiger partial charge on any atom is 0.222 e. The molecule has 1 aliphatic rings. The Bertz CT molecular complexity index is 869. The lowest BCUT2D eigenvalue weighted by molar-refractivity contribution is -0.124. The molecule has 0 saturated carbocycles. The van der Waals surface area contributed by atoms with Crippen LogP contribution < -0.4 is 14.8 Å². The molecule has 0 unspecified atom stereocenters. The zero-order valence-corrected chi connectivity index (χ0v) is 17.5. The van der Waals surface area contributed by atoms with Crippen LogP contribution in [-0.2, 0) is 17.8 Å². The van der Waals surface area contributed by atoms with E-state index in [1.54, 1.807) is 26.4 Å². The highest BCUT2D eigenvalue weighted by atomic mass is 19.1. The second-order valence-corrected chi connectivity index (χ2v) is 7.67. The van der Waals surface area contributed by atoms with Gasteiger partial charge in [0.05, 0.1) is 20.3 Å². The molecule has 5 nitrogen and oxygen atoms in total. The number of ether oxygens (including phenoxy) is 2. The summed E-state index contributed by atoms with van der Waals surface area (Å²) in [4.78, 5) is 14.5. The number of methoxy groups -OCH3 is 2. The van der Waals surface area contributed by atoms with Gasteiger partial charge in [-0.3, -0.25) is 9.69 Å².